The van der Waals surface area contributed by atoms with E-state index in [1.807, 2.05) is 36.4 Å². The van der Waals surface area contributed by atoms with Gasteiger partial charge in [0.05, 0.1) is 0 Å². The molecular weight excluding hydrogens is 600 g/mol. The monoisotopic (exact) mass is 642 g/mol. The van der Waals surface area contributed by atoms with Crippen LogP contribution in [0.2, 0.25) is 5.02 Å². The molecule has 3 aromatic rings. The maximum atomic E-state index is 14.4. The Labute approximate surface area is 275 Å². The van der Waals surface area contributed by atoms with Crippen LogP contribution in [0.5, 0.6) is 0 Å². The molecule has 10 heteroatoms. The van der Waals surface area contributed by atoms with Crippen LogP contribution >= 0.6 is 11.6 Å². The molecule has 2 atom stereocenters. The standard InChI is InChI=1S/C36H43ClN6O3/c1-4-24-7-8-26-18-30(29-10-9-25(19-31(29)37)27-6-5-14-38-20-27)36(45)43(22-33(44)39-21-32-23(2)11-15-42(32)3)35(26)41-34(24)40-28-12-16-46-17-13-28/h5-6,8-10,14,18-20,23,28,32,40H,4,7,11-13,15-17,21-22H2,1-3H3,(H,39,44). The number of carbonyl (C=O) groups is 1. The van der Waals surface area contributed by atoms with E-state index in [4.69, 9.17) is 21.3 Å². The highest BCUT2D eigenvalue weighted by atomic mass is 35.5. The van der Waals surface area contributed by atoms with Crippen LogP contribution in [0.4, 0.5) is 0 Å². The molecular formula is C36H43ClN6O3. The van der Waals surface area contributed by atoms with Crippen molar-refractivity contribution < 1.29 is 9.53 Å². The number of nitrogens with zero attached hydrogens (tertiary/aromatic N) is 4. The number of halogens is 1. The third kappa shape index (κ3) is 6.97. The summed E-state index contributed by atoms with van der Waals surface area (Å²) in [4.78, 5) is 39.5. The lowest BCUT2D eigenvalue weighted by molar-refractivity contribution is -0.122. The van der Waals surface area contributed by atoms with Gasteiger partial charge in [-0.25, -0.2) is 4.99 Å². The predicted octanol–water partition coefficient (Wildman–Crippen LogP) is 3.88. The number of likely N-dealkylation sites (N-methyl/N-ethyl adjacent to an activating group) is 1. The average Bonchev–Trinajstić information content (AvgIpc) is 3.28. The van der Waals surface area contributed by atoms with Gasteiger partial charge in [0.2, 0.25) is 5.91 Å². The fraction of sp³-hybridized carbons (Fsp3) is 0.444. The number of ether oxygens (including phenoxy) is 1. The number of rotatable bonds is 9. The summed E-state index contributed by atoms with van der Waals surface area (Å²) < 4.78 is 7.09. The highest BCUT2D eigenvalue weighted by molar-refractivity contribution is 6.33. The molecule has 0 saturated carbocycles. The first-order chi connectivity index (χ1) is 22.3. The van der Waals surface area contributed by atoms with Gasteiger partial charge >= 0.3 is 0 Å². The number of carbonyl (C=O) groups excluding carboxylic acids is 1. The molecule has 2 N–H and O–H groups in total. The Balaban J connectivity index is 1.42. The number of hydrogen-bond donors (Lipinski definition) is 2. The Morgan fingerprint density at radius 1 is 1.11 bits per heavy atom. The molecule has 2 aromatic heterocycles. The van der Waals surface area contributed by atoms with Gasteiger partial charge in [-0.1, -0.05) is 49.7 Å². The summed E-state index contributed by atoms with van der Waals surface area (Å²) in [5.74, 6) is 1.06. The van der Waals surface area contributed by atoms with Gasteiger partial charge in [-0.15, -0.1) is 0 Å². The predicted molar refractivity (Wildman–Crippen MR) is 182 cm³/mol. The number of hydrogen-bond acceptors (Lipinski definition) is 7. The van der Waals surface area contributed by atoms with E-state index in [-0.39, 0.29) is 30.1 Å². The Morgan fingerprint density at radius 3 is 2.63 bits per heavy atom. The second-order valence-corrected chi connectivity index (χ2v) is 13.0. The van der Waals surface area contributed by atoms with Crippen molar-refractivity contribution in [2.75, 3.05) is 33.4 Å². The molecule has 242 valence electrons. The smallest absolute Gasteiger partial charge is 0.260 e. The van der Waals surface area contributed by atoms with Crippen molar-refractivity contribution in [1.29, 1.82) is 0 Å². The number of fused-ring (bicyclic) bond motifs is 1. The Morgan fingerprint density at radius 2 is 1.93 bits per heavy atom. The van der Waals surface area contributed by atoms with Crippen molar-refractivity contribution in [3.05, 3.63) is 86.3 Å². The molecule has 1 amide bonds. The van der Waals surface area contributed by atoms with Crippen LogP contribution < -0.4 is 26.9 Å². The van der Waals surface area contributed by atoms with Gasteiger partial charge in [0, 0.05) is 71.2 Å². The lowest BCUT2D eigenvalue weighted by atomic mass is 10.0. The lowest BCUT2D eigenvalue weighted by Crippen LogP contribution is -2.49. The summed E-state index contributed by atoms with van der Waals surface area (Å²) in [5.41, 5.74) is 4.22. The SMILES string of the molecule is CCC1=C(NC2CCOCC2)N=c2c(cc(-c3ccc(-c4cccnc4)cc3Cl)c(=O)n2CC(=O)NCC2C(C)CCN2C)=CC1. The van der Waals surface area contributed by atoms with E-state index in [1.165, 1.54) is 4.57 Å². The highest BCUT2D eigenvalue weighted by Crippen LogP contribution is 2.30. The Kier molecular flexibility index (Phi) is 10.0. The van der Waals surface area contributed by atoms with E-state index >= 15 is 0 Å². The van der Waals surface area contributed by atoms with Gasteiger partial charge < -0.3 is 20.3 Å². The van der Waals surface area contributed by atoms with Gasteiger partial charge in [0.25, 0.3) is 5.56 Å². The van der Waals surface area contributed by atoms with Crippen molar-refractivity contribution in [2.45, 2.75) is 64.6 Å². The van der Waals surface area contributed by atoms with Gasteiger partial charge in [0.15, 0.2) is 0 Å². The van der Waals surface area contributed by atoms with Crippen LogP contribution in [-0.4, -0.2) is 65.8 Å². The van der Waals surface area contributed by atoms with Crippen LogP contribution in [0.1, 0.15) is 46.0 Å². The summed E-state index contributed by atoms with van der Waals surface area (Å²) in [7, 11) is 2.09. The molecule has 3 aliphatic heterocycles. The quantitative estimate of drug-likeness (QED) is 0.368. The molecule has 3 aliphatic rings. The number of likely N-dealkylation sites (tertiary alicyclic amines) is 1. The number of allylic oxidation sites excluding steroid dienone is 1. The summed E-state index contributed by atoms with van der Waals surface area (Å²) in [5, 5.41) is 8.02. The molecule has 2 unspecified atom stereocenters. The first-order valence-electron chi connectivity index (χ1n) is 16.4. The largest absolute Gasteiger partial charge is 0.381 e. The van der Waals surface area contributed by atoms with Crippen molar-refractivity contribution >= 4 is 23.6 Å². The van der Waals surface area contributed by atoms with Crippen molar-refractivity contribution in [3.8, 4) is 22.3 Å². The summed E-state index contributed by atoms with van der Waals surface area (Å²) >= 11 is 6.87. The minimum absolute atomic E-state index is 0.144. The third-order valence-corrected chi connectivity index (χ3v) is 9.94. The van der Waals surface area contributed by atoms with Gasteiger partial charge in [-0.2, -0.15) is 0 Å². The molecule has 46 heavy (non-hydrogen) atoms. The summed E-state index contributed by atoms with van der Waals surface area (Å²) in [6, 6.07) is 11.9. The molecule has 0 radical (unpaired) electrons. The zero-order chi connectivity index (χ0) is 32.2. The molecule has 6 rings (SSSR count). The van der Waals surface area contributed by atoms with Gasteiger partial charge in [0.1, 0.15) is 17.9 Å². The molecule has 5 heterocycles. The van der Waals surface area contributed by atoms with Crippen molar-refractivity contribution in [2.24, 2.45) is 10.9 Å². The molecule has 2 fully saturated rings. The van der Waals surface area contributed by atoms with Crippen molar-refractivity contribution in [3.63, 3.8) is 0 Å². The summed E-state index contributed by atoms with van der Waals surface area (Å²) in [6.07, 6.45) is 10.0. The number of amides is 1. The van der Waals surface area contributed by atoms with Crippen LogP contribution in [0.15, 0.2) is 70.0 Å². The number of aromatic nitrogens is 2. The van der Waals surface area contributed by atoms with Gasteiger partial charge in [-0.05, 0) is 81.0 Å². The Hall–Kier alpha value is -3.79. The van der Waals surface area contributed by atoms with E-state index in [1.54, 1.807) is 12.4 Å². The van der Waals surface area contributed by atoms with Gasteiger partial charge in [-0.3, -0.25) is 19.1 Å². The molecule has 0 spiro atoms. The van der Waals surface area contributed by atoms with E-state index in [0.717, 1.165) is 60.0 Å². The number of benzene rings is 1. The first kappa shape index (κ1) is 32.2. The third-order valence-electron chi connectivity index (χ3n) is 9.62. The Bertz CT molecular complexity index is 1790. The maximum absolute atomic E-state index is 14.4. The fourth-order valence-corrected chi connectivity index (χ4v) is 6.99. The number of nitrogens with one attached hydrogen (secondary N) is 2. The first-order valence-corrected chi connectivity index (χ1v) is 16.8. The minimum Gasteiger partial charge on any atom is -0.381 e. The van der Waals surface area contributed by atoms with E-state index in [2.05, 4.69) is 47.5 Å². The molecule has 0 bridgehead atoms. The molecule has 0 aliphatic carbocycles. The van der Waals surface area contributed by atoms with Crippen LogP contribution in [-0.2, 0) is 16.1 Å². The fourth-order valence-electron chi connectivity index (χ4n) is 6.71. The molecule has 2 saturated heterocycles. The maximum Gasteiger partial charge on any atom is 0.260 e. The zero-order valence-corrected chi connectivity index (χ0v) is 27.6. The topological polar surface area (TPSA) is 101 Å². The van der Waals surface area contributed by atoms with Crippen LogP contribution in [0.25, 0.3) is 28.3 Å². The second kappa shape index (κ2) is 14.3. The highest BCUT2D eigenvalue weighted by Gasteiger charge is 2.28. The van der Waals surface area contributed by atoms with E-state index < -0.39 is 0 Å². The van der Waals surface area contributed by atoms with Crippen molar-refractivity contribution in [1.82, 2.24) is 25.1 Å². The molecule has 9 nitrogen and oxygen atoms in total. The normalized spacial score (nSPS) is 20.4. The average molecular weight is 643 g/mol. The molecule has 1 aromatic carbocycles. The lowest BCUT2D eigenvalue weighted by Gasteiger charge is -2.25. The van der Waals surface area contributed by atoms with E-state index in [0.29, 0.717) is 53.7 Å². The zero-order valence-electron chi connectivity index (χ0n) is 26.9. The van der Waals surface area contributed by atoms with Crippen LogP contribution in [0.3, 0.4) is 0 Å². The van der Waals surface area contributed by atoms with E-state index in [9.17, 15) is 9.59 Å². The second-order valence-electron chi connectivity index (χ2n) is 12.6. The summed E-state index contributed by atoms with van der Waals surface area (Å²) in [6.45, 7) is 7.16. The van der Waals surface area contributed by atoms with Crippen LogP contribution in [0, 0.1) is 5.92 Å². The number of pyridine rings is 2. The minimum atomic E-state index is -0.307.